The van der Waals surface area contributed by atoms with Crippen LogP contribution in [0.25, 0.3) is 0 Å². The Hall–Kier alpha value is -1.69. The molecule has 0 radical (unpaired) electrons. The summed E-state index contributed by atoms with van der Waals surface area (Å²) >= 11 is 0. The highest BCUT2D eigenvalue weighted by atomic mass is 127. The predicted molar refractivity (Wildman–Crippen MR) is 109 cm³/mol. The maximum Gasteiger partial charge on any atom is 0.387 e. The zero-order valence-corrected chi connectivity index (χ0v) is 17.8. The molecule has 0 amide bonds. The fourth-order valence-electron chi connectivity index (χ4n) is 2.03. The van der Waals surface area contributed by atoms with Crippen LogP contribution in [0.5, 0.6) is 5.75 Å². The second-order valence-electron chi connectivity index (χ2n) is 5.49. The Kier molecular flexibility index (Phi) is 12.6. The van der Waals surface area contributed by atoms with Gasteiger partial charge in [-0.2, -0.15) is 8.78 Å². The van der Waals surface area contributed by atoms with Gasteiger partial charge < -0.3 is 25.2 Å². The summed E-state index contributed by atoms with van der Waals surface area (Å²) in [6.07, 6.45) is -0.877. The van der Waals surface area contributed by atoms with Crippen molar-refractivity contribution in [1.82, 2.24) is 10.6 Å². The number of nitrogens with zero attached hydrogens (tertiary/aromatic N) is 1. The molecule has 0 aliphatic heterocycles. The molecular formula is C17H26F2IN3O4. The van der Waals surface area contributed by atoms with E-state index in [0.717, 1.165) is 0 Å². The molecule has 1 aromatic carbocycles. The third-order valence-electron chi connectivity index (χ3n) is 3.42. The Bertz CT molecular complexity index is 588. The Labute approximate surface area is 174 Å². The minimum atomic E-state index is -2.89. The van der Waals surface area contributed by atoms with Crippen molar-refractivity contribution in [3.63, 3.8) is 0 Å². The minimum Gasteiger partial charge on any atom is -0.469 e. The number of rotatable bonds is 9. The van der Waals surface area contributed by atoms with Crippen molar-refractivity contribution in [2.45, 2.75) is 26.6 Å². The van der Waals surface area contributed by atoms with Crippen LogP contribution in [0.15, 0.2) is 29.3 Å². The number of hydrogen-bond acceptors (Lipinski definition) is 5. The summed E-state index contributed by atoms with van der Waals surface area (Å²) in [5, 5.41) is 16.2. The molecular weight excluding hydrogens is 475 g/mol. The molecule has 2 atom stereocenters. The number of hydrogen-bond donors (Lipinski definition) is 3. The van der Waals surface area contributed by atoms with Crippen LogP contribution in [0.4, 0.5) is 8.78 Å². The van der Waals surface area contributed by atoms with Crippen molar-refractivity contribution in [2.24, 2.45) is 10.9 Å². The molecule has 0 aliphatic rings. The summed E-state index contributed by atoms with van der Waals surface area (Å²) in [5.74, 6) is -0.269. The van der Waals surface area contributed by atoms with E-state index in [1.54, 1.807) is 6.92 Å². The van der Waals surface area contributed by atoms with Crippen LogP contribution in [0.3, 0.4) is 0 Å². The SMILES string of the molecule is CCNC(=NCC(C)C(=O)OC)NCC(O)c1ccc(OC(F)F)cc1.I. The van der Waals surface area contributed by atoms with E-state index >= 15 is 0 Å². The second-order valence-corrected chi connectivity index (χ2v) is 5.49. The van der Waals surface area contributed by atoms with Gasteiger partial charge in [0.1, 0.15) is 5.75 Å². The molecule has 0 fully saturated rings. The van der Waals surface area contributed by atoms with Gasteiger partial charge in [0.05, 0.1) is 25.7 Å². The summed E-state index contributed by atoms with van der Waals surface area (Å²) in [7, 11) is 1.32. The molecule has 2 unspecified atom stereocenters. The van der Waals surface area contributed by atoms with E-state index in [1.165, 1.54) is 31.4 Å². The molecule has 27 heavy (non-hydrogen) atoms. The quantitative estimate of drug-likeness (QED) is 0.208. The lowest BCUT2D eigenvalue weighted by molar-refractivity contribution is -0.144. The first-order chi connectivity index (χ1) is 12.4. The number of halogens is 3. The van der Waals surface area contributed by atoms with Crippen molar-refractivity contribution >= 4 is 35.9 Å². The van der Waals surface area contributed by atoms with E-state index < -0.39 is 12.7 Å². The zero-order chi connectivity index (χ0) is 19.5. The van der Waals surface area contributed by atoms with Crippen LogP contribution < -0.4 is 15.4 Å². The van der Waals surface area contributed by atoms with E-state index in [9.17, 15) is 18.7 Å². The standard InChI is InChI=1S/C17H25F2N3O4.HI/c1-4-20-17(21-9-11(2)15(24)25-3)22-10-14(23)12-5-7-13(8-6-12)26-16(18)19;/h5-8,11,14,16,23H,4,9-10H2,1-3H3,(H2,20,21,22);1H. The Morgan fingerprint density at radius 2 is 1.89 bits per heavy atom. The molecule has 154 valence electrons. The molecule has 1 rings (SSSR count). The van der Waals surface area contributed by atoms with Gasteiger partial charge in [-0.25, -0.2) is 0 Å². The first-order valence-corrected chi connectivity index (χ1v) is 8.20. The van der Waals surface area contributed by atoms with Crippen LogP contribution in [-0.2, 0) is 9.53 Å². The molecule has 3 N–H and O–H groups in total. The molecule has 1 aromatic rings. The van der Waals surface area contributed by atoms with Gasteiger partial charge >= 0.3 is 12.6 Å². The maximum atomic E-state index is 12.1. The van der Waals surface area contributed by atoms with Crippen LogP contribution in [-0.4, -0.2) is 50.4 Å². The number of alkyl halides is 2. The van der Waals surface area contributed by atoms with Gasteiger partial charge in [-0.3, -0.25) is 9.79 Å². The topological polar surface area (TPSA) is 92.2 Å². The van der Waals surface area contributed by atoms with Gasteiger partial charge in [0.25, 0.3) is 0 Å². The van der Waals surface area contributed by atoms with Gasteiger partial charge in [0.2, 0.25) is 0 Å². The Morgan fingerprint density at radius 1 is 1.26 bits per heavy atom. The van der Waals surface area contributed by atoms with Gasteiger partial charge in [-0.05, 0) is 24.6 Å². The maximum absolute atomic E-state index is 12.1. The number of esters is 1. The number of aliphatic hydroxyl groups is 1. The fourth-order valence-corrected chi connectivity index (χ4v) is 2.03. The number of aliphatic imine (C=N–C) groups is 1. The number of aliphatic hydroxyl groups excluding tert-OH is 1. The number of ether oxygens (including phenoxy) is 2. The molecule has 0 saturated heterocycles. The van der Waals surface area contributed by atoms with Crippen LogP contribution in [0.2, 0.25) is 0 Å². The summed E-state index contributed by atoms with van der Waals surface area (Å²) in [5.41, 5.74) is 0.540. The van der Waals surface area contributed by atoms with E-state index in [2.05, 4.69) is 25.1 Å². The highest BCUT2D eigenvalue weighted by molar-refractivity contribution is 14.0. The lowest BCUT2D eigenvalue weighted by atomic mass is 10.1. The van der Waals surface area contributed by atoms with E-state index in [4.69, 9.17) is 0 Å². The van der Waals surface area contributed by atoms with Gasteiger partial charge in [-0.15, -0.1) is 24.0 Å². The third-order valence-corrected chi connectivity index (χ3v) is 3.42. The fraction of sp³-hybridized carbons (Fsp3) is 0.529. The molecule has 0 bridgehead atoms. The number of methoxy groups -OCH3 is 1. The first kappa shape index (κ1) is 25.3. The Balaban J connectivity index is 0.00000676. The van der Waals surface area contributed by atoms with Crippen molar-refractivity contribution in [3.8, 4) is 5.75 Å². The monoisotopic (exact) mass is 501 g/mol. The first-order valence-electron chi connectivity index (χ1n) is 8.20. The summed E-state index contributed by atoms with van der Waals surface area (Å²) < 4.78 is 33.2. The number of carbonyl (C=O) groups excluding carboxylic acids is 1. The van der Waals surface area contributed by atoms with Crippen molar-refractivity contribution < 1.29 is 28.2 Å². The van der Waals surface area contributed by atoms with Crippen LogP contribution >= 0.6 is 24.0 Å². The smallest absolute Gasteiger partial charge is 0.387 e. The molecule has 0 spiro atoms. The van der Waals surface area contributed by atoms with Gasteiger partial charge in [0.15, 0.2) is 5.96 Å². The second kappa shape index (κ2) is 13.5. The molecule has 0 aliphatic carbocycles. The molecule has 0 heterocycles. The molecule has 10 heteroatoms. The summed E-state index contributed by atoms with van der Waals surface area (Å²) in [6.45, 7) is 1.69. The van der Waals surface area contributed by atoms with E-state index in [0.29, 0.717) is 18.1 Å². The summed E-state index contributed by atoms with van der Waals surface area (Å²) in [4.78, 5) is 15.7. The number of carbonyl (C=O) groups is 1. The zero-order valence-electron chi connectivity index (χ0n) is 15.4. The average molecular weight is 501 g/mol. The van der Waals surface area contributed by atoms with Crippen LogP contribution in [0.1, 0.15) is 25.5 Å². The highest BCUT2D eigenvalue weighted by Gasteiger charge is 2.13. The lowest BCUT2D eigenvalue weighted by Gasteiger charge is -2.16. The minimum absolute atomic E-state index is 0. The van der Waals surface area contributed by atoms with Crippen molar-refractivity contribution in [2.75, 3.05) is 26.7 Å². The predicted octanol–water partition coefficient (Wildman–Crippen LogP) is 2.30. The largest absolute Gasteiger partial charge is 0.469 e. The van der Waals surface area contributed by atoms with Crippen LogP contribution in [0, 0.1) is 5.92 Å². The summed E-state index contributed by atoms with van der Waals surface area (Å²) in [6, 6.07) is 5.74. The Morgan fingerprint density at radius 3 is 2.41 bits per heavy atom. The normalized spacial score (nSPS) is 13.4. The van der Waals surface area contributed by atoms with E-state index in [-0.39, 0.29) is 54.7 Å². The molecule has 0 aromatic heterocycles. The highest BCUT2D eigenvalue weighted by Crippen LogP contribution is 2.18. The molecule has 0 saturated carbocycles. The lowest BCUT2D eigenvalue weighted by Crippen LogP contribution is -2.40. The van der Waals surface area contributed by atoms with E-state index in [1.807, 2.05) is 6.92 Å². The molecule has 7 nitrogen and oxygen atoms in total. The number of nitrogens with one attached hydrogen (secondary N) is 2. The average Bonchev–Trinajstić information content (AvgIpc) is 2.62. The number of benzene rings is 1. The van der Waals surface area contributed by atoms with Crippen molar-refractivity contribution in [1.29, 1.82) is 0 Å². The number of guanidine groups is 1. The van der Waals surface area contributed by atoms with Crippen molar-refractivity contribution in [3.05, 3.63) is 29.8 Å². The van der Waals surface area contributed by atoms with Gasteiger partial charge in [-0.1, -0.05) is 19.1 Å². The van der Waals surface area contributed by atoms with Gasteiger partial charge in [0, 0.05) is 13.1 Å². The third kappa shape index (κ3) is 9.70.